The summed E-state index contributed by atoms with van der Waals surface area (Å²) in [6.07, 6.45) is 3.28. The van der Waals surface area contributed by atoms with E-state index in [1.807, 2.05) is 36.2 Å². The number of carbonyl (C=O) groups excluding carboxylic acids is 1. The maximum Gasteiger partial charge on any atom is 0.157 e. The molecule has 0 aromatic heterocycles. The predicted octanol–water partition coefficient (Wildman–Crippen LogP) is 3.78. The molecule has 1 atom stereocenters. The lowest BCUT2D eigenvalue weighted by Gasteiger charge is -2.43. The Bertz CT molecular complexity index is 481. The molecule has 0 spiro atoms. The third kappa shape index (κ3) is 2.86. The molecule has 0 radical (unpaired) electrons. The van der Waals surface area contributed by atoms with Crippen LogP contribution < -0.4 is 0 Å². The van der Waals surface area contributed by atoms with Gasteiger partial charge in [-0.05, 0) is 31.5 Å². The molecular weight excluding hydrogens is 297 g/mol. The number of ketones is 1. The Morgan fingerprint density at radius 2 is 2.10 bits per heavy atom. The van der Waals surface area contributed by atoms with Gasteiger partial charge in [-0.25, -0.2) is 0 Å². The van der Waals surface area contributed by atoms with Gasteiger partial charge in [0, 0.05) is 11.4 Å². The monoisotopic (exact) mass is 315 g/mol. The molecular formula is C15H19Cl2NO2. The number of ether oxygens (including phenoxy) is 1. The Morgan fingerprint density at radius 3 is 2.75 bits per heavy atom. The molecule has 20 heavy (non-hydrogen) atoms. The topological polar surface area (TPSA) is 29.5 Å². The molecule has 1 saturated carbocycles. The number of rotatable bonds is 5. The fraction of sp³-hybridized carbons (Fsp3) is 0.533. The predicted molar refractivity (Wildman–Crippen MR) is 81.0 cm³/mol. The molecule has 1 aliphatic carbocycles. The van der Waals surface area contributed by atoms with Crippen molar-refractivity contribution in [3.63, 3.8) is 0 Å². The molecule has 0 bridgehead atoms. The van der Waals surface area contributed by atoms with Crippen LogP contribution in [-0.4, -0.2) is 30.5 Å². The van der Waals surface area contributed by atoms with E-state index in [9.17, 15) is 4.79 Å². The van der Waals surface area contributed by atoms with Crippen LogP contribution in [0.5, 0.6) is 0 Å². The summed E-state index contributed by atoms with van der Waals surface area (Å²) in [5.74, 6) is 0.206. The van der Waals surface area contributed by atoms with E-state index in [2.05, 4.69) is 0 Å². The molecule has 0 heterocycles. The normalized spacial score (nSPS) is 23.3. The van der Waals surface area contributed by atoms with Crippen molar-refractivity contribution < 1.29 is 9.53 Å². The summed E-state index contributed by atoms with van der Waals surface area (Å²) in [6, 6.07) is 7.67. The van der Waals surface area contributed by atoms with E-state index >= 15 is 0 Å². The Balaban J connectivity index is 2.43. The molecule has 1 unspecified atom stereocenters. The maximum absolute atomic E-state index is 12.7. The SMILES string of the molecule is CN(COCCl)C1(c2ccccc2Cl)CCCCC1=O. The van der Waals surface area contributed by atoms with E-state index in [4.69, 9.17) is 27.9 Å². The highest BCUT2D eigenvalue weighted by Crippen LogP contribution is 2.42. The summed E-state index contributed by atoms with van der Waals surface area (Å²) >= 11 is 11.9. The van der Waals surface area contributed by atoms with Gasteiger partial charge in [-0.1, -0.05) is 47.8 Å². The molecule has 5 heteroatoms. The van der Waals surface area contributed by atoms with Crippen LogP contribution in [0.4, 0.5) is 0 Å². The minimum atomic E-state index is -0.692. The summed E-state index contributed by atoms with van der Waals surface area (Å²) in [5.41, 5.74) is 0.176. The number of alkyl halides is 1. The van der Waals surface area contributed by atoms with Gasteiger partial charge in [-0.15, -0.1) is 0 Å². The zero-order valence-electron chi connectivity index (χ0n) is 11.6. The van der Waals surface area contributed by atoms with Gasteiger partial charge in [-0.2, -0.15) is 0 Å². The first-order valence-electron chi connectivity index (χ1n) is 6.76. The van der Waals surface area contributed by atoms with Gasteiger partial charge in [-0.3, -0.25) is 9.69 Å². The van der Waals surface area contributed by atoms with Crippen LogP contribution in [-0.2, 0) is 15.1 Å². The maximum atomic E-state index is 12.7. The zero-order valence-corrected chi connectivity index (χ0v) is 13.1. The Morgan fingerprint density at radius 1 is 1.35 bits per heavy atom. The lowest BCUT2D eigenvalue weighted by Crippen LogP contribution is -2.52. The minimum Gasteiger partial charge on any atom is -0.350 e. The number of hydrogen-bond acceptors (Lipinski definition) is 3. The molecule has 0 aliphatic heterocycles. The van der Waals surface area contributed by atoms with Crippen molar-refractivity contribution >= 4 is 29.0 Å². The van der Waals surface area contributed by atoms with Gasteiger partial charge < -0.3 is 4.74 Å². The van der Waals surface area contributed by atoms with E-state index in [0.717, 1.165) is 24.8 Å². The van der Waals surface area contributed by atoms with E-state index in [0.29, 0.717) is 18.2 Å². The molecule has 110 valence electrons. The molecule has 1 aromatic rings. The van der Waals surface area contributed by atoms with Crippen LogP contribution in [0.3, 0.4) is 0 Å². The summed E-state index contributed by atoms with van der Waals surface area (Å²) in [6.45, 7) is 0.306. The van der Waals surface area contributed by atoms with Crippen molar-refractivity contribution in [3.8, 4) is 0 Å². The van der Waals surface area contributed by atoms with E-state index in [1.54, 1.807) is 0 Å². The van der Waals surface area contributed by atoms with Gasteiger partial charge in [0.2, 0.25) is 0 Å². The average molecular weight is 316 g/mol. The summed E-state index contributed by atoms with van der Waals surface area (Å²) in [7, 11) is 1.89. The first-order chi connectivity index (χ1) is 9.63. The molecule has 2 rings (SSSR count). The summed E-state index contributed by atoms with van der Waals surface area (Å²) in [5, 5.41) is 0.625. The van der Waals surface area contributed by atoms with Gasteiger partial charge >= 0.3 is 0 Å². The van der Waals surface area contributed by atoms with Crippen molar-refractivity contribution in [2.75, 3.05) is 19.8 Å². The Kier molecular flexibility index (Phi) is 5.44. The fourth-order valence-corrected chi connectivity index (χ4v) is 3.35. The van der Waals surface area contributed by atoms with Crippen molar-refractivity contribution in [2.45, 2.75) is 31.2 Å². The molecule has 3 nitrogen and oxygen atoms in total. The number of halogens is 2. The molecule has 0 amide bonds. The third-order valence-corrected chi connectivity index (χ3v) is 4.47. The second kappa shape index (κ2) is 6.90. The van der Waals surface area contributed by atoms with Crippen LogP contribution in [0.15, 0.2) is 24.3 Å². The average Bonchev–Trinajstić information content (AvgIpc) is 2.46. The number of likely N-dealkylation sites (N-methyl/N-ethyl adjacent to an activating group) is 1. The lowest BCUT2D eigenvalue weighted by molar-refractivity contribution is -0.138. The van der Waals surface area contributed by atoms with Crippen molar-refractivity contribution in [3.05, 3.63) is 34.9 Å². The van der Waals surface area contributed by atoms with Crippen molar-refractivity contribution in [2.24, 2.45) is 0 Å². The van der Waals surface area contributed by atoms with E-state index < -0.39 is 5.54 Å². The second-order valence-corrected chi connectivity index (χ2v) is 5.74. The molecule has 0 N–H and O–H groups in total. The van der Waals surface area contributed by atoms with Crippen LogP contribution in [0, 0.1) is 0 Å². The van der Waals surface area contributed by atoms with Gasteiger partial charge in [0.1, 0.15) is 18.3 Å². The highest BCUT2D eigenvalue weighted by molar-refractivity contribution is 6.31. The highest BCUT2D eigenvalue weighted by Gasteiger charge is 2.45. The number of hydrogen-bond donors (Lipinski definition) is 0. The molecule has 1 fully saturated rings. The van der Waals surface area contributed by atoms with E-state index in [1.165, 1.54) is 0 Å². The molecule has 1 aromatic carbocycles. The standard InChI is InChI=1S/C15H19Cl2NO2/c1-18(11-20-10-16)15(9-5-4-8-14(15)19)12-6-2-3-7-13(12)17/h2-3,6-7H,4-5,8-11H2,1H3. The van der Waals surface area contributed by atoms with Crippen LogP contribution >= 0.6 is 23.2 Å². The smallest absolute Gasteiger partial charge is 0.157 e. The minimum absolute atomic E-state index is 0.108. The zero-order chi connectivity index (χ0) is 14.6. The van der Waals surface area contributed by atoms with Crippen molar-refractivity contribution in [1.82, 2.24) is 4.90 Å². The lowest BCUT2D eigenvalue weighted by atomic mass is 9.74. The van der Waals surface area contributed by atoms with E-state index in [-0.39, 0.29) is 11.8 Å². The number of nitrogens with zero attached hydrogens (tertiary/aromatic N) is 1. The second-order valence-electron chi connectivity index (χ2n) is 5.11. The van der Waals surface area contributed by atoms with Crippen LogP contribution in [0.2, 0.25) is 5.02 Å². The van der Waals surface area contributed by atoms with Crippen LogP contribution in [0.1, 0.15) is 31.2 Å². The van der Waals surface area contributed by atoms with Gasteiger partial charge in [0.15, 0.2) is 5.78 Å². The first-order valence-corrected chi connectivity index (χ1v) is 7.67. The first kappa shape index (κ1) is 15.8. The van der Waals surface area contributed by atoms with Gasteiger partial charge in [0.25, 0.3) is 0 Å². The largest absolute Gasteiger partial charge is 0.350 e. The quantitative estimate of drug-likeness (QED) is 0.611. The number of benzene rings is 1. The summed E-state index contributed by atoms with van der Waals surface area (Å²) in [4.78, 5) is 14.6. The highest BCUT2D eigenvalue weighted by atomic mass is 35.5. The third-order valence-electron chi connectivity index (χ3n) is 3.99. The van der Waals surface area contributed by atoms with Gasteiger partial charge in [0.05, 0.1) is 0 Å². The Labute approximate surface area is 129 Å². The number of Topliss-reactive ketones (excluding diaryl/α,β-unsaturated/α-hetero) is 1. The van der Waals surface area contributed by atoms with Crippen LogP contribution in [0.25, 0.3) is 0 Å². The van der Waals surface area contributed by atoms with Crippen molar-refractivity contribution in [1.29, 1.82) is 0 Å². The Hall–Kier alpha value is -0.610. The molecule has 1 aliphatic rings. The summed E-state index contributed by atoms with van der Waals surface area (Å²) < 4.78 is 5.28. The molecule has 0 saturated heterocycles. The number of carbonyl (C=O) groups is 1. The fourth-order valence-electron chi connectivity index (χ4n) is 2.99.